The predicted molar refractivity (Wildman–Crippen MR) is 238 cm³/mol. The number of nitrogens with one attached hydrogen (secondary N) is 3. The van der Waals surface area contributed by atoms with Gasteiger partial charge in [0.25, 0.3) is 0 Å². The average molecular weight is 1040 g/mol. The first kappa shape index (κ1) is 68.6. The zero-order valence-corrected chi connectivity index (χ0v) is 40.0. The van der Waals surface area contributed by atoms with Gasteiger partial charge in [0.15, 0.2) is 0 Å². The zero-order valence-electron chi connectivity index (χ0n) is 40.0. The molecule has 0 aliphatic heterocycles. The Kier molecular flexibility index (Phi) is 33.6. The molecule has 0 fully saturated rings. The Labute approximate surface area is 407 Å². The van der Waals surface area contributed by atoms with Crippen LogP contribution in [0.2, 0.25) is 0 Å². The topological polar surface area (TPSA) is 523 Å². The van der Waals surface area contributed by atoms with Gasteiger partial charge >= 0.3 is 11.9 Å². The molecule has 0 rings (SSSR count). The first-order valence-electron chi connectivity index (χ1n) is 22.1. The molecule has 0 saturated heterocycles. The molecular weight excluding hydrogens is 962 g/mol. The lowest BCUT2D eigenvalue weighted by atomic mass is 9.93. The number of hydrogen-bond acceptors (Lipinski definition) is 24. The van der Waals surface area contributed by atoms with Crippen molar-refractivity contribution < 1.29 is 125 Å². The third-order valence-electron chi connectivity index (χ3n) is 10.8. The first-order chi connectivity index (χ1) is 32.9. The molecule has 30 nitrogen and oxygen atoms in total. The van der Waals surface area contributed by atoms with Crippen LogP contribution in [0.5, 0.6) is 0 Å². The molecule has 0 aromatic rings. The van der Waals surface area contributed by atoms with Crippen LogP contribution in [0.25, 0.3) is 0 Å². The van der Waals surface area contributed by atoms with Crippen molar-refractivity contribution in [2.24, 2.45) is 11.8 Å². The summed E-state index contributed by atoms with van der Waals surface area (Å²) in [6.45, 7) is -1.33. The van der Waals surface area contributed by atoms with E-state index < -0.39 is 209 Å². The number of Topliss-reactive ketones (excluding diaryl/α,β-unsaturated/α-hetero) is 2. The van der Waals surface area contributed by atoms with Gasteiger partial charge in [-0.05, 0) is 7.05 Å². The van der Waals surface area contributed by atoms with Crippen molar-refractivity contribution in [2.45, 2.75) is 138 Å². The number of aliphatic hydroxyl groups is 15. The Bertz CT molecular complexity index is 1660. The summed E-state index contributed by atoms with van der Waals surface area (Å²) in [5, 5.41) is 168. The number of amides is 4. The second-order valence-electron chi connectivity index (χ2n) is 16.8. The van der Waals surface area contributed by atoms with E-state index in [0.717, 1.165) is 19.0 Å². The van der Waals surface area contributed by atoms with Crippen LogP contribution in [0.1, 0.15) is 52.4 Å². The van der Waals surface area contributed by atoms with Crippen LogP contribution in [-0.4, -0.2) is 290 Å². The van der Waals surface area contributed by atoms with Gasteiger partial charge in [-0.15, -0.1) is 0 Å². The number of hydrogen-bond donors (Lipinski definition) is 20. The molecule has 0 aliphatic carbocycles. The Hall–Kier alpha value is -4.48. The molecule has 16 atom stereocenters. The highest BCUT2D eigenvalue weighted by Crippen LogP contribution is 2.17. The summed E-state index contributed by atoms with van der Waals surface area (Å²) in [5.41, 5.74) is 0. The standard InChI is InChI=1S/C34H58N4O20.C7H17NO5/c1-5-17(41)9-20(34(57)58)36-32(55)16(8-26(48)49)7-18(42)10-19(33(56)38(4)12-22(44)28(51)30(53)24(46)14-40)35-31(54)15(2)6-25(47)37(3)11-21(43)27(50)29(52)23(45)13-39;1-8-2-4(10)6(12)7(13)5(11)3-9/h15-16,19-24,27-30,39-40,43-46,50-53H,5-14H2,1-4H3,(H,35,54)(H,36,55)(H,48,49)(H,57,58);4-13H,2-3H2,1H3. The maximum absolute atomic E-state index is 13.6. The van der Waals surface area contributed by atoms with Gasteiger partial charge in [0.2, 0.25) is 23.6 Å². The molecular formula is C41H75N5O25. The number of nitrogens with zero attached hydrogens (tertiary/aromatic N) is 2. The minimum absolute atomic E-state index is 0.0763. The Morgan fingerprint density at radius 3 is 1.28 bits per heavy atom. The summed E-state index contributed by atoms with van der Waals surface area (Å²) in [5.74, 6) is -12.1. The predicted octanol–water partition coefficient (Wildman–Crippen LogP) is -10.7. The van der Waals surface area contributed by atoms with E-state index in [4.69, 9.17) is 30.6 Å². The molecule has 4 amide bonds. The number of aliphatic hydroxyl groups excluding tert-OH is 15. The van der Waals surface area contributed by atoms with Crippen LogP contribution in [0.3, 0.4) is 0 Å². The van der Waals surface area contributed by atoms with Crippen molar-refractivity contribution in [3.05, 3.63) is 0 Å². The molecule has 71 heavy (non-hydrogen) atoms. The molecule has 0 heterocycles. The summed E-state index contributed by atoms with van der Waals surface area (Å²) in [6.07, 6.45) is -25.7. The maximum atomic E-state index is 13.6. The van der Waals surface area contributed by atoms with E-state index in [-0.39, 0.29) is 13.0 Å². The fourth-order valence-electron chi connectivity index (χ4n) is 6.19. The lowest BCUT2D eigenvalue weighted by molar-refractivity contribution is -0.146. The van der Waals surface area contributed by atoms with Crippen molar-refractivity contribution in [2.75, 3.05) is 60.6 Å². The minimum Gasteiger partial charge on any atom is -0.481 e. The fraction of sp³-hybridized carbons (Fsp3) is 0.805. The van der Waals surface area contributed by atoms with E-state index in [2.05, 4.69) is 10.6 Å². The van der Waals surface area contributed by atoms with E-state index in [9.17, 15) is 94.5 Å². The number of carboxylic acid groups (broad SMARTS) is 2. The van der Waals surface area contributed by atoms with E-state index in [1.54, 1.807) is 7.05 Å². The van der Waals surface area contributed by atoms with Gasteiger partial charge in [-0.2, -0.15) is 0 Å². The molecule has 20 N–H and O–H groups in total. The Morgan fingerprint density at radius 1 is 0.493 bits per heavy atom. The van der Waals surface area contributed by atoms with Crippen molar-refractivity contribution >= 4 is 47.1 Å². The highest BCUT2D eigenvalue weighted by atomic mass is 16.4. The van der Waals surface area contributed by atoms with Crippen LogP contribution in [0.15, 0.2) is 0 Å². The van der Waals surface area contributed by atoms with Crippen LogP contribution < -0.4 is 16.0 Å². The SMILES string of the molecule is CCC(=O)CC(NC(=O)C(CC(=O)O)CC(=O)CC(NC(=O)C(C)CC(=O)N(C)CC(O)C(O)C(O)C(O)CO)C(=O)N(C)CC(O)C(O)C(O)C(O)CO)C(=O)O.CNCC(O)C(O)C(O)C(O)CO. The van der Waals surface area contributed by atoms with E-state index >= 15 is 0 Å². The largest absolute Gasteiger partial charge is 0.481 e. The lowest BCUT2D eigenvalue weighted by Crippen LogP contribution is -2.54. The number of likely N-dealkylation sites (N-methyl/N-ethyl adjacent to an activating group) is 3. The van der Waals surface area contributed by atoms with Crippen LogP contribution >= 0.6 is 0 Å². The Morgan fingerprint density at radius 2 is 0.887 bits per heavy atom. The summed E-state index contributed by atoms with van der Waals surface area (Å²) < 4.78 is 0. The number of ketones is 2. The van der Waals surface area contributed by atoms with E-state index in [1.807, 2.05) is 5.32 Å². The second kappa shape index (κ2) is 34.8. The molecule has 16 unspecified atom stereocenters. The number of aliphatic carboxylic acids is 2. The molecule has 0 spiro atoms. The quantitative estimate of drug-likeness (QED) is 0.0280. The van der Waals surface area contributed by atoms with Crippen molar-refractivity contribution in [1.82, 2.24) is 25.8 Å². The smallest absolute Gasteiger partial charge is 0.326 e. The highest BCUT2D eigenvalue weighted by molar-refractivity contribution is 5.96. The molecule has 0 radical (unpaired) electrons. The first-order valence-corrected chi connectivity index (χ1v) is 22.1. The van der Waals surface area contributed by atoms with Crippen LogP contribution in [-0.2, 0) is 38.4 Å². The van der Waals surface area contributed by atoms with Gasteiger partial charge in [-0.25, -0.2) is 4.79 Å². The molecule has 0 aromatic carbocycles. The minimum atomic E-state index is -2.13. The average Bonchev–Trinajstić information content (AvgIpc) is 3.32. The van der Waals surface area contributed by atoms with Gasteiger partial charge in [0.1, 0.15) is 90.8 Å². The number of rotatable bonds is 35. The van der Waals surface area contributed by atoms with Gasteiger partial charge in [-0.1, -0.05) is 13.8 Å². The molecule has 30 heteroatoms. The molecule has 0 aliphatic rings. The molecule has 414 valence electrons. The van der Waals surface area contributed by atoms with E-state index in [1.165, 1.54) is 13.8 Å². The van der Waals surface area contributed by atoms with Crippen LogP contribution in [0, 0.1) is 11.8 Å². The maximum Gasteiger partial charge on any atom is 0.326 e. The molecule has 0 saturated carbocycles. The van der Waals surface area contributed by atoms with E-state index in [0.29, 0.717) is 4.90 Å². The third-order valence-corrected chi connectivity index (χ3v) is 10.8. The van der Waals surface area contributed by atoms with Gasteiger partial charge in [0.05, 0.1) is 38.3 Å². The zero-order chi connectivity index (χ0) is 55.6. The monoisotopic (exact) mass is 1040 g/mol. The van der Waals surface area contributed by atoms with Crippen molar-refractivity contribution in [3.63, 3.8) is 0 Å². The van der Waals surface area contributed by atoms with Crippen LogP contribution in [0.4, 0.5) is 0 Å². The van der Waals surface area contributed by atoms with Crippen molar-refractivity contribution in [3.8, 4) is 0 Å². The summed E-state index contributed by atoms with van der Waals surface area (Å²) in [6, 6.07) is -3.65. The number of carbonyl (C=O) groups is 8. The molecule has 0 bridgehead atoms. The normalized spacial score (nSPS) is 18.3. The van der Waals surface area contributed by atoms with Gasteiger partial charge < -0.3 is 113 Å². The fourth-order valence-corrected chi connectivity index (χ4v) is 6.19. The lowest BCUT2D eigenvalue weighted by Gasteiger charge is -2.31. The van der Waals surface area contributed by atoms with Gasteiger partial charge in [0, 0.05) is 71.8 Å². The second-order valence-corrected chi connectivity index (χ2v) is 16.8. The Balaban J connectivity index is 0. The summed E-state index contributed by atoms with van der Waals surface area (Å²) in [4.78, 5) is 103. The van der Waals surface area contributed by atoms with Crippen molar-refractivity contribution in [1.29, 1.82) is 0 Å². The number of carboxylic acids is 2. The number of carbonyl (C=O) groups excluding carboxylic acids is 6. The summed E-state index contributed by atoms with van der Waals surface area (Å²) >= 11 is 0. The highest BCUT2D eigenvalue weighted by Gasteiger charge is 2.37. The molecule has 0 aromatic heterocycles. The third kappa shape index (κ3) is 25.2. The summed E-state index contributed by atoms with van der Waals surface area (Å²) in [7, 11) is 3.75. The van der Waals surface area contributed by atoms with Gasteiger partial charge in [-0.3, -0.25) is 33.6 Å².